The fourth-order valence-corrected chi connectivity index (χ4v) is 2.59. The minimum absolute atomic E-state index is 0.179. The van der Waals surface area contributed by atoms with Gasteiger partial charge in [-0.25, -0.2) is 22.5 Å². The lowest BCUT2D eigenvalue weighted by Gasteiger charge is -2.06. The summed E-state index contributed by atoms with van der Waals surface area (Å²) in [5.74, 6) is -0.758. The van der Waals surface area contributed by atoms with Gasteiger partial charge in [0.2, 0.25) is 10.0 Å². The number of sulfonamides is 1. The van der Waals surface area contributed by atoms with Crippen LogP contribution in [0.3, 0.4) is 0 Å². The van der Waals surface area contributed by atoms with Gasteiger partial charge >= 0.3 is 0 Å². The number of H-pyrrole nitrogens is 1. The summed E-state index contributed by atoms with van der Waals surface area (Å²) in [5, 5.41) is 0. The number of nitrogens with zero attached hydrogens (tertiary/aromatic N) is 1. The zero-order chi connectivity index (χ0) is 13.0. The van der Waals surface area contributed by atoms with E-state index < -0.39 is 15.8 Å². The Morgan fingerprint density at radius 1 is 1.33 bits per heavy atom. The van der Waals surface area contributed by atoms with Crippen LogP contribution in [0.4, 0.5) is 4.39 Å². The van der Waals surface area contributed by atoms with Crippen LogP contribution >= 0.6 is 0 Å². The Labute approximate surface area is 104 Å². The minimum atomic E-state index is -3.80. The van der Waals surface area contributed by atoms with Gasteiger partial charge in [-0.15, -0.1) is 0 Å². The third-order valence-corrected chi connectivity index (χ3v) is 3.86. The van der Waals surface area contributed by atoms with Crippen molar-refractivity contribution in [3.05, 3.63) is 48.3 Å². The van der Waals surface area contributed by atoms with Crippen LogP contribution in [-0.4, -0.2) is 24.9 Å². The van der Waals surface area contributed by atoms with Crippen molar-refractivity contribution in [2.45, 2.75) is 11.3 Å². The summed E-state index contributed by atoms with van der Waals surface area (Å²) in [4.78, 5) is 6.33. The molecule has 1 aromatic carbocycles. The third-order valence-electron chi connectivity index (χ3n) is 2.37. The van der Waals surface area contributed by atoms with E-state index in [2.05, 4.69) is 14.7 Å². The first-order valence-electron chi connectivity index (χ1n) is 5.31. The maximum absolute atomic E-state index is 13.4. The Bertz CT molecular complexity index is 611. The Kier molecular flexibility index (Phi) is 3.73. The Balaban J connectivity index is 2.02. The summed E-state index contributed by atoms with van der Waals surface area (Å²) >= 11 is 0. The third kappa shape index (κ3) is 2.93. The Morgan fingerprint density at radius 3 is 2.78 bits per heavy atom. The molecule has 2 N–H and O–H groups in total. The first kappa shape index (κ1) is 12.7. The molecule has 0 saturated carbocycles. The average molecular weight is 269 g/mol. The van der Waals surface area contributed by atoms with E-state index in [-0.39, 0.29) is 11.4 Å². The molecule has 0 unspecified atom stereocenters. The summed E-state index contributed by atoms with van der Waals surface area (Å²) < 4.78 is 39.3. The first-order chi connectivity index (χ1) is 8.59. The quantitative estimate of drug-likeness (QED) is 0.852. The van der Waals surface area contributed by atoms with Gasteiger partial charge in [0, 0.05) is 24.9 Å². The second kappa shape index (κ2) is 5.28. The van der Waals surface area contributed by atoms with Gasteiger partial charge in [0.1, 0.15) is 10.7 Å². The number of hydrogen-bond donors (Lipinski definition) is 2. The van der Waals surface area contributed by atoms with Crippen molar-refractivity contribution in [1.82, 2.24) is 14.7 Å². The summed E-state index contributed by atoms with van der Waals surface area (Å²) in [6, 6.07) is 5.27. The van der Waals surface area contributed by atoms with Crippen LogP contribution < -0.4 is 4.72 Å². The highest BCUT2D eigenvalue weighted by Gasteiger charge is 2.17. The predicted octanol–water partition coefficient (Wildman–Crippen LogP) is 1.07. The summed E-state index contributed by atoms with van der Waals surface area (Å²) in [6.45, 7) is 0.179. The number of hydrogen-bond acceptors (Lipinski definition) is 3. The highest BCUT2D eigenvalue weighted by atomic mass is 32.2. The molecule has 5 nitrogen and oxygen atoms in total. The molecule has 0 aliphatic carbocycles. The van der Waals surface area contributed by atoms with E-state index >= 15 is 0 Å². The average Bonchev–Trinajstić information content (AvgIpc) is 2.82. The van der Waals surface area contributed by atoms with Gasteiger partial charge in [0.05, 0.1) is 6.33 Å². The van der Waals surface area contributed by atoms with Crippen molar-refractivity contribution in [2.24, 2.45) is 0 Å². The molecule has 0 saturated heterocycles. The van der Waals surface area contributed by atoms with E-state index in [1.54, 1.807) is 6.20 Å². The minimum Gasteiger partial charge on any atom is -0.348 e. The Morgan fingerprint density at radius 2 is 2.11 bits per heavy atom. The van der Waals surface area contributed by atoms with Gasteiger partial charge in [-0.2, -0.15) is 0 Å². The van der Waals surface area contributed by atoms with Crippen molar-refractivity contribution in [3.63, 3.8) is 0 Å². The van der Waals surface area contributed by atoms with E-state index in [4.69, 9.17) is 0 Å². The molecule has 0 bridgehead atoms. The van der Waals surface area contributed by atoms with Crippen LogP contribution in [0, 0.1) is 5.82 Å². The lowest BCUT2D eigenvalue weighted by molar-refractivity contribution is 0.557. The van der Waals surface area contributed by atoms with Gasteiger partial charge in [-0.1, -0.05) is 12.1 Å². The summed E-state index contributed by atoms with van der Waals surface area (Å²) in [6.07, 6.45) is 3.59. The van der Waals surface area contributed by atoms with Gasteiger partial charge in [-0.05, 0) is 12.1 Å². The fourth-order valence-electron chi connectivity index (χ4n) is 1.48. The van der Waals surface area contributed by atoms with Crippen molar-refractivity contribution in [3.8, 4) is 0 Å². The van der Waals surface area contributed by atoms with Crippen LogP contribution in [0.2, 0.25) is 0 Å². The zero-order valence-electron chi connectivity index (χ0n) is 9.43. The lowest BCUT2D eigenvalue weighted by Crippen LogP contribution is -2.26. The molecular weight excluding hydrogens is 257 g/mol. The van der Waals surface area contributed by atoms with E-state index in [0.29, 0.717) is 6.42 Å². The van der Waals surface area contributed by atoms with Crippen LogP contribution in [0.15, 0.2) is 41.7 Å². The number of rotatable bonds is 5. The summed E-state index contributed by atoms with van der Waals surface area (Å²) in [7, 11) is -3.80. The molecule has 0 spiro atoms. The monoisotopic (exact) mass is 269 g/mol. The number of aromatic nitrogens is 2. The van der Waals surface area contributed by atoms with E-state index in [9.17, 15) is 12.8 Å². The van der Waals surface area contributed by atoms with E-state index in [1.807, 2.05) is 0 Å². The fraction of sp³-hybridized carbons (Fsp3) is 0.182. The van der Waals surface area contributed by atoms with E-state index in [0.717, 1.165) is 11.8 Å². The molecule has 18 heavy (non-hydrogen) atoms. The normalized spacial score (nSPS) is 11.6. The van der Waals surface area contributed by atoms with Crippen molar-refractivity contribution < 1.29 is 12.8 Å². The molecule has 0 aliphatic rings. The molecule has 0 amide bonds. The molecule has 0 aliphatic heterocycles. The molecule has 0 fully saturated rings. The first-order valence-corrected chi connectivity index (χ1v) is 6.79. The van der Waals surface area contributed by atoms with Crippen LogP contribution in [0.1, 0.15) is 5.69 Å². The van der Waals surface area contributed by atoms with Gasteiger partial charge in [0.25, 0.3) is 0 Å². The maximum Gasteiger partial charge on any atom is 0.243 e. The second-order valence-corrected chi connectivity index (χ2v) is 5.39. The SMILES string of the molecule is O=S(=O)(NCCc1cnc[nH]1)c1ccccc1F. The van der Waals surface area contributed by atoms with Crippen molar-refractivity contribution >= 4 is 10.0 Å². The molecule has 0 radical (unpaired) electrons. The maximum atomic E-state index is 13.4. The number of halogens is 1. The molecular formula is C11H12FN3O2S. The number of aromatic amines is 1. The highest BCUT2D eigenvalue weighted by Crippen LogP contribution is 2.12. The molecule has 1 heterocycles. The van der Waals surface area contributed by atoms with Crippen LogP contribution in [-0.2, 0) is 16.4 Å². The molecule has 2 rings (SSSR count). The van der Waals surface area contributed by atoms with Gasteiger partial charge in [0.15, 0.2) is 0 Å². The molecule has 1 aromatic heterocycles. The largest absolute Gasteiger partial charge is 0.348 e. The zero-order valence-corrected chi connectivity index (χ0v) is 10.2. The van der Waals surface area contributed by atoms with Gasteiger partial charge in [-0.3, -0.25) is 0 Å². The van der Waals surface area contributed by atoms with Crippen molar-refractivity contribution in [2.75, 3.05) is 6.54 Å². The van der Waals surface area contributed by atoms with E-state index in [1.165, 1.54) is 24.5 Å². The van der Waals surface area contributed by atoms with Crippen LogP contribution in [0.25, 0.3) is 0 Å². The highest BCUT2D eigenvalue weighted by molar-refractivity contribution is 7.89. The lowest BCUT2D eigenvalue weighted by atomic mass is 10.3. The topological polar surface area (TPSA) is 74.8 Å². The predicted molar refractivity (Wildman–Crippen MR) is 63.9 cm³/mol. The number of benzene rings is 1. The molecule has 2 aromatic rings. The smallest absolute Gasteiger partial charge is 0.243 e. The van der Waals surface area contributed by atoms with Crippen molar-refractivity contribution in [1.29, 1.82) is 0 Å². The van der Waals surface area contributed by atoms with Crippen LogP contribution in [0.5, 0.6) is 0 Å². The molecule has 7 heteroatoms. The standard InChI is InChI=1S/C11H12FN3O2S/c12-10-3-1-2-4-11(10)18(16,17)15-6-5-9-7-13-8-14-9/h1-4,7-8,15H,5-6H2,(H,13,14). The molecule has 0 atom stereocenters. The number of imidazole rings is 1. The van der Waals surface area contributed by atoms with Gasteiger partial charge < -0.3 is 4.98 Å². The molecule has 96 valence electrons. The summed E-state index contributed by atoms with van der Waals surface area (Å²) in [5.41, 5.74) is 0.811. The second-order valence-electron chi connectivity index (χ2n) is 3.66. The number of nitrogens with one attached hydrogen (secondary N) is 2. The Hall–Kier alpha value is -1.73.